The third-order valence-corrected chi connectivity index (χ3v) is 6.33. The number of aliphatic hydroxyl groups is 1. The van der Waals surface area contributed by atoms with E-state index in [-0.39, 0.29) is 29.4 Å². The number of carbonyl (C=O) groups excluding carboxylic acids is 1. The Bertz CT molecular complexity index is 1090. The van der Waals surface area contributed by atoms with Crippen LogP contribution in [0.1, 0.15) is 49.0 Å². The first-order valence-corrected chi connectivity index (χ1v) is 11.2. The molecule has 1 aliphatic rings. The Morgan fingerprint density at radius 3 is 2.48 bits per heavy atom. The Labute approximate surface area is 193 Å². The average Bonchev–Trinajstić information content (AvgIpc) is 3.15. The zero-order chi connectivity index (χ0) is 23.4. The Morgan fingerprint density at radius 2 is 1.82 bits per heavy atom. The van der Waals surface area contributed by atoms with Gasteiger partial charge in [-0.05, 0) is 60.7 Å². The molecule has 5 nitrogen and oxygen atoms in total. The van der Waals surface area contributed by atoms with Gasteiger partial charge in [0.1, 0.15) is 17.3 Å². The summed E-state index contributed by atoms with van der Waals surface area (Å²) in [5.41, 5.74) is 2.14. The van der Waals surface area contributed by atoms with Gasteiger partial charge in [-0.3, -0.25) is 4.79 Å². The van der Waals surface area contributed by atoms with Gasteiger partial charge in [0.05, 0.1) is 19.3 Å². The minimum Gasteiger partial charge on any atom is -0.507 e. The fourth-order valence-corrected chi connectivity index (χ4v) is 4.67. The zero-order valence-electron chi connectivity index (χ0n) is 18.5. The number of methoxy groups -OCH3 is 1. The number of rotatable bonds is 8. The molecule has 1 heterocycles. The summed E-state index contributed by atoms with van der Waals surface area (Å²) < 4.78 is 18.4. The summed E-state index contributed by atoms with van der Waals surface area (Å²) in [6.07, 6.45) is 1.55. The van der Waals surface area contributed by atoms with E-state index in [1.54, 1.807) is 36.3 Å². The summed E-state index contributed by atoms with van der Waals surface area (Å²) in [6, 6.07) is 20.2. The molecule has 4 rings (SSSR count). The number of para-hydroxylation sites is 1. The van der Waals surface area contributed by atoms with Crippen molar-refractivity contribution in [3.63, 3.8) is 0 Å². The molecule has 3 atom stereocenters. The number of amides is 1. The maximum absolute atomic E-state index is 13.2. The van der Waals surface area contributed by atoms with Crippen molar-refractivity contribution < 1.29 is 24.1 Å². The highest BCUT2D eigenvalue weighted by atomic mass is 19.1. The molecule has 172 valence electrons. The third kappa shape index (κ3) is 5.01. The van der Waals surface area contributed by atoms with E-state index in [1.807, 2.05) is 36.4 Å². The summed E-state index contributed by atoms with van der Waals surface area (Å²) in [6.45, 7) is 0. The minimum absolute atomic E-state index is 0.00509. The van der Waals surface area contributed by atoms with Crippen LogP contribution in [0.15, 0.2) is 72.8 Å². The van der Waals surface area contributed by atoms with Crippen molar-refractivity contribution in [3.8, 4) is 11.5 Å². The first-order chi connectivity index (χ1) is 16.0. The monoisotopic (exact) mass is 449 g/mol. The van der Waals surface area contributed by atoms with Gasteiger partial charge in [0.2, 0.25) is 5.91 Å². The minimum atomic E-state index is -0.694. The van der Waals surface area contributed by atoms with Crippen LogP contribution in [0.25, 0.3) is 0 Å². The molecule has 2 N–H and O–H groups in total. The fourth-order valence-electron chi connectivity index (χ4n) is 4.67. The van der Waals surface area contributed by atoms with Crippen molar-refractivity contribution >= 4 is 11.6 Å². The number of ether oxygens (including phenoxy) is 1. The summed E-state index contributed by atoms with van der Waals surface area (Å²) in [4.78, 5) is 14.9. The third-order valence-electron chi connectivity index (χ3n) is 6.33. The van der Waals surface area contributed by atoms with Crippen molar-refractivity contribution in [2.45, 2.75) is 37.8 Å². The van der Waals surface area contributed by atoms with Gasteiger partial charge in [-0.2, -0.15) is 0 Å². The number of nitrogens with zero attached hydrogens (tertiary/aromatic N) is 1. The molecule has 3 aromatic rings. The highest BCUT2D eigenvalue weighted by Gasteiger charge is 2.42. The summed E-state index contributed by atoms with van der Waals surface area (Å²) in [5, 5.41) is 21.2. The maximum Gasteiger partial charge on any atom is 0.227 e. The van der Waals surface area contributed by atoms with E-state index in [9.17, 15) is 19.4 Å². The van der Waals surface area contributed by atoms with Crippen LogP contribution in [0.2, 0.25) is 0 Å². The number of phenols is 1. The lowest BCUT2D eigenvalue weighted by Crippen LogP contribution is -2.28. The van der Waals surface area contributed by atoms with Crippen molar-refractivity contribution in [1.82, 2.24) is 0 Å². The molecular weight excluding hydrogens is 421 g/mol. The lowest BCUT2D eigenvalue weighted by Gasteiger charge is -2.29. The Balaban J connectivity index is 1.55. The van der Waals surface area contributed by atoms with Gasteiger partial charge >= 0.3 is 0 Å². The largest absolute Gasteiger partial charge is 0.507 e. The molecule has 33 heavy (non-hydrogen) atoms. The molecular formula is C27H28FNO4. The van der Waals surface area contributed by atoms with Gasteiger partial charge in [0, 0.05) is 23.7 Å². The van der Waals surface area contributed by atoms with E-state index in [0.29, 0.717) is 42.6 Å². The molecule has 3 unspecified atom stereocenters. The van der Waals surface area contributed by atoms with E-state index < -0.39 is 6.10 Å². The topological polar surface area (TPSA) is 70.0 Å². The number of hydrogen-bond donors (Lipinski definition) is 2. The van der Waals surface area contributed by atoms with Crippen molar-refractivity contribution in [2.24, 2.45) is 5.92 Å². The number of phenolic OH excluding ortho intramolecular Hbond substituents is 1. The second-order valence-corrected chi connectivity index (χ2v) is 8.43. The molecule has 0 spiro atoms. The normalized spacial score (nSPS) is 19.0. The molecule has 0 radical (unpaired) electrons. The van der Waals surface area contributed by atoms with Crippen LogP contribution in [0.4, 0.5) is 10.1 Å². The van der Waals surface area contributed by atoms with Gasteiger partial charge in [-0.1, -0.05) is 36.8 Å². The quantitative estimate of drug-likeness (QED) is 0.474. The Kier molecular flexibility index (Phi) is 6.94. The zero-order valence-corrected chi connectivity index (χ0v) is 18.5. The summed E-state index contributed by atoms with van der Waals surface area (Å²) in [7, 11) is 1.54. The molecule has 1 fully saturated rings. The van der Waals surface area contributed by atoms with Crippen LogP contribution < -0.4 is 9.64 Å². The number of anilines is 1. The molecule has 1 aliphatic heterocycles. The number of hydrogen-bond acceptors (Lipinski definition) is 4. The highest BCUT2D eigenvalue weighted by molar-refractivity contribution is 5.97. The first kappa shape index (κ1) is 22.8. The first-order valence-electron chi connectivity index (χ1n) is 11.2. The van der Waals surface area contributed by atoms with Crippen molar-refractivity contribution in [1.29, 1.82) is 0 Å². The molecule has 1 amide bonds. The predicted molar refractivity (Wildman–Crippen MR) is 125 cm³/mol. The molecule has 6 heteroatoms. The number of aliphatic hydroxyl groups excluding tert-OH is 1. The van der Waals surface area contributed by atoms with Crippen LogP contribution in [0.3, 0.4) is 0 Å². The van der Waals surface area contributed by atoms with E-state index in [2.05, 4.69) is 0 Å². The van der Waals surface area contributed by atoms with E-state index >= 15 is 0 Å². The standard InChI is InChI=1S/C27H28FNO4/c1-33-22-14-15-23(25(31)17-22)27-19(16-26(32)29(27)21-7-3-2-4-8-21)6-5-9-24(30)18-10-12-20(28)13-11-18/h2-4,7-8,10-15,17,19,24,27,30-31H,5-6,9,16H2,1H3. The van der Waals surface area contributed by atoms with Gasteiger partial charge in [0.25, 0.3) is 0 Å². The fraction of sp³-hybridized carbons (Fsp3) is 0.296. The second kappa shape index (κ2) is 10.0. The molecule has 0 bridgehead atoms. The van der Waals surface area contributed by atoms with Gasteiger partial charge in [0.15, 0.2) is 0 Å². The van der Waals surface area contributed by atoms with Gasteiger partial charge in [-0.25, -0.2) is 4.39 Å². The molecule has 0 aromatic heterocycles. The second-order valence-electron chi connectivity index (χ2n) is 8.43. The predicted octanol–water partition coefficient (Wildman–Crippen LogP) is 5.54. The number of halogens is 1. The number of carbonyl (C=O) groups is 1. The van der Waals surface area contributed by atoms with Crippen molar-refractivity contribution in [2.75, 3.05) is 12.0 Å². The smallest absolute Gasteiger partial charge is 0.227 e. The molecule has 1 saturated heterocycles. The highest BCUT2D eigenvalue weighted by Crippen LogP contribution is 2.46. The Morgan fingerprint density at radius 1 is 1.09 bits per heavy atom. The van der Waals surface area contributed by atoms with E-state index in [0.717, 1.165) is 5.69 Å². The Hall–Kier alpha value is -3.38. The maximum atomic E-state index is 13.2. The van der Waals surface area contributed by atoms with Crippen molar-refractivity contribution in [3.05, 3.63) is 89.7 Å². The van der Waals surface area contributed by atoms with Gasteiger partial charge in [-0.15, -0.1) is 0 Å². The van der Waals surface area contributed by atoms with Crippen LogP contribution >= 0.6 is 0 Å². The average molecular weight is 450 g/mol. The van der Waals surface area contributed by atoms with Crippen LogP contribution in [0, 0.1) is 11.7 Å². The number of aromatic hydroxyl groups is 1. The SMILES string of the molecule is COc1ccc(C2C(CCCC(O)c3ccc(F)cc3)CC(=O)N2c2ccccc2)c(O)c1. The van der Waals surface area contributed by atoms with Crippen LogP contribution in [-0.2, 0) is 4.79 Å². The molecule has 3 aromatic carbocycles. The van der Waals surface area contributed by atoms with Crippen LogP contribution in [0.5, 0.6) is 11.5 Å². The lowest BCUT2D eigenvalue weighted by atomic mass is 9.88. The number of benzene rings is 3. The lowest BCUT2D eigenvalue weighted by molar-refractivity contribution is -0.117. The van der Waals surface area contributed by atoms with Crippen LogP contribution in [-0.4, -0.2) is 23.2 Å². The van der Waals surface area contributed by atoms with Gasteiger partial charge < -0.3 is 19.8 Å². The summed E-state index contributed by atoms with van der Waals surface area (Å²) >= 11 is 0. The van der Waals surface area contributed by atoms with E-state index in [1.165, 1.54) is 12.1 Å². The van der Waals surface area contributed by atoms with E-state index in [4.69, 9.17) is 4.74 Å². The molecule has 0 saturated carbocycles. The summed E-state index contributed by atoms with van der Waals surface area (Å²) in [5.74, 6) is 0.276. The molecule has 0 aliphatic carbocycles.